The van der Waals surface area contributed by atoms with Crippen molar-refractivity contribution in [3.8, 4) is 5.75 Å². The first-order valence-corrected chi connectivity index (χ1v) is 5.92. The van der Waals surface area contributed by atoms with Gasteiger partial charge in [0, 0.05) is 12.7 Å². The Kier molecular flexibility index (Phi) is 3.70. The highest BCUT2D eigenvalue weighted by molar-refractivity contribution is 5.98. The van der Waals surface area contributed by atoms with Crippen LogP contribution in [0, 0.1) is 6.92 Å². The Morgan fingerprint density at radius 3 is 3.00 bits per heavy atom. The second-order valence-corrected chi connectivity index (χ2v) is 4.28. The maximum Gasteiger partial charge on any atom is 0.255 e. The largest absolute Gasteiger partial charge is 0.505 e. The minimum absolute atomic E-state index is 0.177. The van der Waals surface area contributed by atoms with Crippen LogP contribution in [-0.2, 0) is 6.54 Å². The molecule has 0 unspecified atom stereocenters. The van der Waals surface area contributed by atoms with Gasteiger partial charge in [-0.1, -0.05) is 6.07 Å². The molecular weight excluding hydrogens is 244 g/mol. The third kappa shape index (κ3) is 3.04. The predicted molar refractivity (Wildman–Crippen MR) is 71.8 cm³/mol. The summed E-state index contributed by atoms with van der Waals surface area (Å²) in [6.45, 7) is 2.95. The van der Waals surface area contributed by atoms with E-state index in [0.717, 1.165) is 5.56 Å². The highest BCUT2D eigenvalue weighted by Crippen LogP contribution is 2.23. The van der Waals surface area contributed by atoms with Crippen LogP contribution in [0.5, 0.6) is 5.75 Å². The summed E-state index contributed by atoms with van der Waals surface area (Å²) in [7, 11) is 0. The number of hydrogen-bond donors (Lipinski definition) is 3. The lowest BCUT2D eigenvalue weighted by Crippen LogP contribution is -2.27. The number of carbonyl (C=O) groups is 1. The fourth-order valence-electron chi connectivity index (χ4n) is 1.71. The zero-order chi connectivity index (χ0) is 13.8. The van der Waals surface area contributed by atoms with Gasteiger partial charge in [-0.05, 0) is 24.6 Å². The van der Waals surface area contributed by atoms with Crippen LogP contribution in [0.3, 0.4) is 0 Å². The molecule has 100 valence electrons. The molecule has 0 spiro atoms. The van der Waals surface area contributed by atoms with Crippen LogP contribution in [0.1, 0.15) is 15.9 Å². The number of aromatic nitrogens is 2. The lowest BCUT2D eigenvalue weighted by Gasteiger charge is -2.08. The van der Waals surface area contributed by atoms with E-state index in [-0.39, 0.29) is 22.9 Å². The number of anilines is 1. The molecule has 6 heteroatoms. The Bertz CT molecular complexity index is 592. The monoisotopic (exact) mass is 260 g/mol. The first-order valence-electron chi connectivity index (χ1n) is 5.92. The molecule has 0 aliphatic carbocycles. The number of amides is 1. The topological polar surface area (TPSA) is 93.2 Å². The second-order valence-electron chi connectivity index (χ2n) is 4.28. The minimum Gasteiger partial charge on any atom is -0.505 e. The number of aromatic hydroxyl groups is 1. The molecule has 0 fully saturated rings. The van der Waals surface area contributed by atoms with Gasteiger partial charge in [-0.2, -0.15) is 5.10 Å². The zero-order valence-electron chi connectivity index (χ0n) is 10.6. The van der Waals surface area contributed by atoms with Crippen molar-refractivity contribution >= 4 is 11.6 Å². The Hall–Kier alpha value is -2.50. The van der Waals surface area contributed by atoms with Gasteiger partial charge in [0.1, 0.15) is 0 Å². The van der Waals surface area contributed by atoms with Crippen LogP contribution in [0.2, 0.25) is 0 Å². The third-order valence-corrected chi connectivity index (χ3v) is 2.70. The van der Waals surface area contributed by atoms with Crippen molar-refractivity contribution < 1.29 is 9.90 Å². The Labute approximate surface area is 110 Å². The van der Waals surface area contributed by atoms with Crippen molar-refractivity contribution in [3.63, 3.8) is 0 Å². The average molecular weight is 260 g/mol. The summed E-state index contributed by atoms with van der Waals surface area (Å²) in [5.74, 6) is -0.538. The maximum atomic E-state index is 11.9. The zero-order valence-corrected chi connectivity index (χ0v) is 10.6. The number of aryl methyl sites for hydroxylation is 1. The Morgan fingerprint density at radius 2 is 2.32 bits per heavy atom. The highest BCUT2D eigenvalue weighted by Gasteiger charge is 2.12. The molecule has 2 aromatic rings. The summed E-state index contributed by atoms with van der Waals surface area (Å²) >= 11 is 0. The number of para-hydroxylation sites is 1. The van der Waals surface area contributed by atoms with Crippen LogP contribution in [0.15, 0.2) is 30.6 Å². The van der Waals surface area contributed by atoms with E-state index in [1.54, 1.807) is 23.0 Å². The van der Waals surface area contributed by atoms with Crippen LogP contribution in [0.25, 0.3) is 0 Å². The standard InChI is InChI=1S/C13H16N4O2/c1-9-7-16-17(8-9)6-5-15-13(19)10-3-2-4-11(14)12(10)18/h2-4,7-8,18H,5-6,14H2,1H3,(H,15,19). The number of rotatable bonds is 4. The molecule has 19 heavy (non-hydrogen) atoms. The molecule has 6 nitrogen and oxygen atoms in total. The van der Waals surface area contributed by atoms with Crippen molar-refractivity contribution in [2.24, 2.45) is 0 Å². The van der Waals surface area contributed by atoms with Crippen molar-refractivity contribution in [1.82, 2.24) is 15.1 Å². The van der Waals surface area contributed by atoms with E-state index in [1.165, 1.54) is 6.07 Å². The molecule has 1 amide bonds. The lowest BCUT2D eigenvalue weighted by atomic mass is 10.1. The van der Waals surface area contributed by atoms with Gasteiger partial charge >= 0.3 is 0 Å². The number of nitrogens with zero attached hydrogens (tertiary/aromatic N) is 2. The van der Waals surface area contributed by atoms with E-state index in [0.29, 0.717) is 13.1 Å². The summed E-state index contributed by atoms with van der Waals surface area (Å²) in [4.78, 5) is 11.9. The number of nitrogens with two attached hydrogens (primary N) is 1. The normalized spacial score (nSPS) is 10.4. The van der Waals surface area contributed by atoms with Crippen LogP contribution >= 0.6 is 0 Å². The molecule has 1 heterocycles. The second kappa shape index (κ2) is 5.43. The third-order valence-electron chi connectivity index (χ3n) is 2.70. The molecule has 0 saturated heterocycles. The first-order chi connectivity index (χ1) is 9.08. The van der Waals surface area contributed by atoms with Crippen LogP contribution in [-0.4, -0.2) is 27.3 Å². The van der Waals surface area contributed by atoms with E-state index in [4.69, 9.17) is 5.73 Å². The quantitative estimate of drug-likeness (QED) is 0.562. The van der Waals surface area contributed by atoms with E-state index >= 15 is 0 Å². The van der Waals surface area contributed by atoms with E-state index in [2.05, 4.69) is 10.4 Å². The number of phenolic OH excluding ortho intramolecular Hbond substituents is 1. The van der Waals surface area contributed by atoms with Gasteiger partial charge < -0.3 is 16.2 Å². The summed E-state index contributed by atoms with van der Waals surface area (Å²) in [6.07, 6.45) is 3.65. The maximum absolute atomic E-state index is 11.9. The average Bonchev–Trinajstić information content (AvgIpc) is 2.78. The number of nitrogen functional groups attached to an aromatic ring is 1. The number of carbonyl (C=O) groups excluding carboxylic acids is 1. The summed E-state index contributed by atoms with van der Waals surface area (Å²) in [5, 5.41) is 16.5. The minimum atomic E-state index is -0.353. The fraction of sp³-hybridized carbons (Fsp3) is 0.231. The van der Waals surface area contributed by atoms with Crippen LogP contribution < -0.4 is 11.1 Å². The molecule has 0 radical (unpaired) electrons. The van der Waals surface area contributed by atoms with E-state index < -0.39 is 0 Å². The van der Waals surface area contributed by atoms with Gasteiger partial charge in [0.2, 0.25) is 0 Å². The van der Waals surface area contributed by atoms with Gasteiger partial charge in [0.15, 0.2) is 5.75 Å². The SMILES string of the molecule is Cc1cnn(CCNC(=O)c2cccc(N)c2O)c1. The fourth-order valence-corrected chi connectivity index (χ4v) is 1.71. The molecule has 0 aliphatic rings. The first kappa shape index (κ1) is 12.9. The molecule has 1 aromatic carbocycles. The number of phenols is 1. The molecular formula is C13H16N4O2. The smallest absolute Gasteiger partial charge is 0.255 e. The van der Waals surface area contributed by atoms with Gasteiger partial charge in [0.05, 0.1) is 24.0 Å². The van der Waals surface area contributed by atoms with Gasteiger partial charge in [-0.15, -0.1) is 0 Å². The summed E-state index contributed by atoms with van der Waals surface area (Å²) in [6, 6.07) is 4.69. The van der Waals surface area contributed by atoms with Crippen molar-refractivity contribution in [1.29, 1.82) is 0 Å². The number of nitrogens with one attached hydrogen (secondary N) is 1. The molecule has 0 bridgehead atoms. The Balaban J connectivity index is 1.93. The predicted octanol–water partition coefficient (Wildman–Crippen LogP) is 0.909. The molecule has 0 aliphatic heterocycles. The lowest BCUT2D eigenvalue weighted by molar-refractivity contribution is 0.0949. The summed E-state index contributed by atoms with van der Waals surface area (Å²) in [5.41, 5.74) is 6.97. The van der Waals surface area contributed by atoms with Crippen molar-refractivity contribution in [3.05, 3.63) is 41.7 Å². The Morgan fingerprint density at radius 1 is 1.53 bits per heavy atom. The number of hydrogen-bond acceptors (Lipinski definition) is 4. The molecule has 0 saturated carbocycles. The summed E-state index contributed by atoms with van der Waals surface area (Å²) < 4.78 is 1.74. The molecule has 2 rings (SSSR count). The van der Waals surface area contributed by atoms with Gasteiger partial charge in [0.25, 0.3) is 5.91 Å². The van der Waals surface area contributed by atoms with Gasteiger partial charge in [-0.3, -0.25) is 9.48 Å². The molecule has 1 aromatic heterocycles. The van der Waals surface area contributed by atoms with Gasteiger partial charge in [-0.25, -0.2) is 0 Å². The molecule has 0 atom stereocenters. The molecule has 4 N–H and O–H groups in total. The van der Waals surface area contributed by atoms with Crippen molar-refractivity contribution in [2.75, 3.05) is 12.3 Å². The van der Waals surface area contributed by atoms with Crippen LogP contribution in [0.4, 0.5) is 5.69 Å². The van der Waals surface area contributed by atoms with E-state index in [9.17, 15) is 9.90 Å². The number of benzene rings is 1. The van der Waals surface area contributed by atoms with Crippen molar-refractivity contribution in [2.45, 2.75) is 13.5 Å². The van der Waals surface area contributed by atoms with E-state index in [1.807, 2.05) is 13.1 Å². The highest BCUT2D eigenvalue weighted by atomic mass is 16.3.